The lowest BCUT2D eigenvalue weighted by Gasteiger charge is -2.42. The fourth-order valence-corrected chi connectivity index (χ4v) is 3.50. The molecule has 26 heavy (non-hydrogen) atoms. The van der Waals surface area contributed by atoms with Gasteiger partial charge in [0.1, 0.15) is 5.83 Å². The molecule has 140 valence electrons. The van der Waals surface area contributed by atoms with Crippen molar-refractivity contribution in [2.45, 2.75) is 45.1 Å². The van der Waals surface area contributed by atoms with E-state index < -0.39 is 29.5 Å². The molecule has 1 saturated heterocycles. The summed E-state index contributed by atoms with van der Waals surface area (Å²) >= 11 is 0. The summed E-state index contributed by atoms with van der Waals surface area (Å²) in [5.74, 6) is 3.75. The summed E-state index contributed by atoms with van der Waals surface area (Å²) in [5.41, 5.74) is -0.524. The van der Waals surface area contributed by atoms with E-state index in [1.165, 1.54) is 0 Å². The summed E-state index contributed by atoms with van der Waals surface area (Å²) in [6, 6.07) is 9.14. The van der Waals surface area contributed by atoms with Gasteiger partial charge < -0.3 is 9.47 Å². The first-order valence-electron chi connectivity index (χ1n) is 9.03. The Kier molecular flexibility index (Phi) is 6.05. The van der Waals surface area contributed by atoms with Crippen LogP contribution < -0.4 is 0 Å². The zero-order valence-electron chi connectivity index (χ0n) is 14.8. The molecule has 0 radical (unpaired) electrons. The predicted molar refractivity (Wildman–Crippen MR) is 93.2 cm³/mol. The van der Waals surface area contributed by atoms with E-state index in [9.17, 15) is 13.2 Å². The van der Waals surface area contributed by atoms with Crippen molar-refractivity contribution in [1.82, 2.24) is 0 Å². The number of hydrogen-bond acceptors (Lipinski definition) is 2. The summed E-state index contributed by atoms with van der Waals surface area (Å²) in [5, 5.41) is 0. The minimum atomic E-state index is -2.03. The number of rotatable bonds is 3. The maximum absolute atomic E-state index is 14.1. The third-order valence-electron chi connectivity index (χ3n) is 4.89. The minimum Gasteiger partial charge on any atom is -0.351 e. The Morgan fingerprint density at radius 3 is 2.46 bits per heavy atom. The summed E-state index contributed by atoms with van der Waals surface area (Å²) in [7, 11) is 0. The summed E-state index contributed by atoms with van der Waals surface area (Å²) < 4.78 is 53.4. The van der Waals surface area contributed by atoms with Crippen LogP contribution in [0.25, 0.3) is 0 Å². The Morgan fingerprint density at radius 2 is 1.85 bits per heavy atom. The van der Waals surface area contributed by atoms with E-state index in [1.54, 1.807) is 0 Å². The Bertz CT molecular complexity index is 699. The minimum absolute atomic E-state index is 0.261. The average molecular weight is 364 g/mol. The van der Waals surface area contributed by atoms with Gasteiger partial charge in [-0.15, -0.1) is 0 Å². The molecule has 1 aliphatic carbocycles. The predicted octanol–water partition coefficient (Wildman–Crippen LogP) is 5.10. The number of allylic oxidation sites excluding steroid dienone is 2. The Hall–Kier alpha value is -1.77. The molecule has 0 saturated carbocycles. The van der Waals surface area contributed by atoms with Crippen molar-refractivity contribution in [2.75, 3.05) is 13.2 Å². The van der Waals surface area contributed by atoms with E-state index in [2.05, 4.69) is 18.8 Å². The lowest BCUT2D eigenvalue weighted by Crippen LogP contribution is -2.47. The van der Waals surface area contributed by atoms with Crippen molar-refractivity contribution in [3.05, 3.63) is 47.5 Å². The molecule has 0 aromatic heterocycles. The first kappa shape index (κ1) is 19.0. The van der Waals surface area contributed by atoms with E-state index in [-0.39, 0.29) is 18.8 Å². The van der Waals surface area contributed by atoms with E-state index >= 15 is 0 Å². The second kappa shape index (κ2) is 8.28. The van der Waals surface area contributed by atoms with E-state index in [1.807, 2.05) is 30.3 Å². The molecule has 1 aliphatic heterocycles. The molecule has 1 fully saturated rings. The number of ether oxygens (including phenoxy) is 2. The van der Waals surface area contributed by atoms with Crippen LogP contribution in [0.4, 0.5) is 13.2 Å². The van der Waals surface area contributed by atoms with Crippen LogP contribution in [0.2, 0.25) is 0 Å². The van der Waals surface area contributed by atoms with Gasteiger partial charge in [-0.1, -0.05) is 43.4 Å². The SMILES string of the molecule is CCCC1COC([C@@]2(C#Cc3ccccc3)CC(F)=C(F)[C@H](F)C2)OC1. The Labute approximate surface area is 152 Å². The molecule has 2 atom stereocenters. The Balaban J connectivity index is 1.87. The number of benzene rings is 1. The van der Waals surface area contributed by atoms with E-state index in [0.717, 1.165) is 18.4 Å². The molecule has 5 heteroatoms. The van der Waals surface area contributed by atoms with Crippen molar-refractivity contribution < 1.29 is 22.6 Å². The molecule has 3 rings (SSSR count). The zero-order chi connectivity index (χ0) is 18.6. The topological polar surface area (TPSA) is 18.5 Å². The highest BCUT2D eigenvalue weighted by Crippen LogP contribution is 2.46. The first-order valence-corrected chi connectivity index (χ1v) is 9.03. The van der Waals surface area contributed by atoms with Crippen LogP contribution in [0, 0.1) is 23.2 Å². The van der Waals surface area contributed by atoms with Crippen LogP contribution in [0.15, 0.2) is 42.0 Å². The van der Waals surface area contributed by atoms with Crippen molar-refractivity contribution in [3.63, 3.8) is 0 Å². The van der Waals surface area contributed by atoms with Gasteiger partial charge in [-0.25, -0.2) is 13.2 Å². The molecule has 0 unspecified atom stereocenters. The second-order valence-corrected chi connectivity index (χ2v) is 7.03. The van der Waals surface area contributed by atoms with Gasteiger partial charge in [0.2, 0.25) is 0 Å². The van der Waals surface area contributed by atoms with Crippen LogP contribution >= 0.6 is 0 Å². The van der Waals surface area contributed by atoms with Gasteiger partial charge >= 0.3 is 0 Å². The lowest BCUT2D eigenvalue weighted by molar-refractivity contribution is -0.245. The zero-order valence-corrected chi connectivity index (χ0v) is 14.8. The van der Waals surface area contributed by atoms with E-state index in [4.69, 9.17) is 9.47 Å². The molecule has 2 nitrogen and oxygen atoms in total. The molecule has 1 aromatic carbocycles. The number of hydrogen-bond donors (Lipinski definition) is 0. The average Bonchev–Trinajstić information content (AvgIpc) is 2.66. The summed E-state index contributed by atoms with van der Waals surface area (Å²) in [4.78, 5) is 0. The molecule has 1 aromatic rings. The quantitative estimate of drug-likeness (QED) is 0.695. The molecular formula is C21H23F3O2. The maximum Gasteiger partial charge on any atom is 0.174 e. The van der Waals surface area contributed by atoms with Gasteiger partial charge in [0.05, 0.1) is 18.6 Å². The second-order valence-electron chi connectivity index (χ2n) is 7.03. The standard InChI is InChI=1S/C21H23F3O2/c1-2-6-16-13-25-20(26-14-16)21(10-9-15-7-4-3-5-8-15)11-17(22)19(24)18(23)12-21/h3-5,7-8,16-17,20H,2,6,11-14H2,1H3/t16?,17-,20?,21-/m1/s1. The normalized spacial score (nSPS) is 32.1. The van der Waals surface area contributed by atoms with Gasteiger partial charge in [0.15, 0.2) is 18.3 Å². The molecule has 0 N–H and O–H groups in total. The molecule has 2 aliphatic rings. The van der Waals surface area contributed by atoms with Gasteiger partial charge in [0, 0.05) is 24.3 Å². The molecular weight excluding hydrogens is 341 g/mol. The van der Waals surface area contributed by atoms with Crippen molar-refractivity contribution >= 4 is 0 Å². The highest BCUT2D eigenvalue weighted by molar-refractivity contribution is 5.37. The van der Waals surface area contributed by atoms with Crippen LogP contribution in [0.5, 0.6) is 0 Å². The van der Waals surface area contributed by atoms with Crippen LogP contribution in [-0.2, 0) is 9.47 Å². The Morgan fingerprint density at radius 1 is 1.15 bits per heavy atom. The molecule has 0 spiro atoms. The third kappa shape index (κ3) is 4.13. The fraction of sp³-hybridized carbons (Fsp3) is 0.524. The number of alkyl halides is 1. The van der Waals surface area contributed by atoms with Gasteiger partial charge in [-0.2, -0.15) is 0 Å². The van der Waals surface area contributed by atoms with Gasteiger partial charge in [0.25, 0.3) is 0 Å². The smallest absolute Gasteiger partial charge is 0.174 e. The van der Waals surface area contributed by atoms with Gasteiger partial charge in [-0.05, 0) is 18.6 Å². The monoisotopic (exact) mass is 364 g/mol. The lowest BCUT2D eigenvalue weighted by atomic mass is 9.74. The molecule has 0 bridgehead atoms. The maximum atomic E-state index is 14.1. The van der Waals surface area contributed by atoms with Gasteiger partial charge in [-0.3, -0.25) is 0 Å². The van der Waals surface area contributed by atoms with Crippen LogP contribution in [0.3, 0.4) is 0 Å². The molecule has 1 heterocycles. The van der Waals surface area contributed by atoms with Crippen LogP contribution in [-0.4, -0.2) is 25.7 Å². The largest absolute Gasteiger partial charge is 0.351 e. The summed E-state index contributed by atoms with van der Waals surface area (Å²) in [6.45, 7) is 2.99. The number of halogens is 3. The third-order valence-corrected chi connectivity index (χ3v) is 4.89. The van der Waals surface area contributed by atoms with Crippen molar-refractivity contribution in [1.29, 1.82) is 0 Å². The van der Waals surface area contributed by atoms with Crippen LogP contribution in [0.1, 0.15) is 38.2 Å². The molecule has 0 amide bonds. The summed E-state index contributed by atoms with van der Waals surface area (Å²) in [6.07, 6.45) is -1.56. The van der Waals surface area contributed by atoms with Crippen molar-refractivity contribution in [2.24, 2.45) is 11.3 Å². The van der Waals surface area contributed by atoms with E-state index in [0.29, 0.717) is 13.2 Å². The highest BCUT2D eigenvalue weighted by atomic mass is 19.2. The highest BCUT2D eigenvalue weighted by Gasteiger charge is 2.49. The fourth-order valence-electron chi connectivity index (χ4n) is 3.50. The van der Waals surface area contributed by atoms with Crippen molar-refractivity contribution in [3.8, 4) is 11.8 Å². The first-order chi connectivity index (χ1) is 12.5.